The maximum Gasteiger partial charge on any atom is 0.320 e. The molecule has 1 atom stereocenters. The lowest BCUT2D eigenvalue weighted by molar-refractivity contribution is -0.139. The number of carbonyl (C=O) groups is 1. The van der Waals surface area contributed by atoms with Crippen LogP contribution in [0.25, 0.3) is 0 Å². The number of carbonyl (C=O) groups excluding carboxylic acids is 1. The molecule has 0 aromatic heterocycles. The molecule has 0 saturated heterocycles. The fraction of sp³-hybridized carbons (Fsp3) is 0.917. The normalized spacial score (nSPS) is 14.7. The van der Waals surface area contributed by atoms with E-state index in [0.717, 1.165) is 6.42 Å². The number of hydrogen-bond donors (Lipinski definition) is 1. The molecule has 0 saturated carbocycles. The van der Waals surface area contributed by atoms with E-state index >= 15 is 0 Å². The van der Waals surface area contributed by atoms with Crippen molar-refractivity contribution in [2.45, 2.75) is 51.4 Å². The quantitative estimate of drug-likeness (QED) is 0.626. The van der Waals surface area contributed by atoms with Crippen LogP contribution in [0, 0.1) is 5.41 Å². The van der Waals surface area contributed by atoms with Crippen LogP contribution < -0.4 is 5.32 Å². The molecule has 0 rings (SSSR count). The predicted octanol–water partition coefficient (Wildman–Crippen LogP) is 2.73. The Hall–Kier alpha value is -0.0900. The van der Waals surface area contributed by atoms with E-state index in [0.29, 0.717) is 6.54 Å². The second kappa shape index (κ2) is 6.01. The molecule has 0 aromatic rings. The molecule has 0 spiro atoms. The first-order valence-corrected chi connectivity index (χ1v) is 6.46. The molecule has 0 fully saturated rings. The van der Waals surface area contributed by atoms with Crippen LogP contribution in [0.5, 0.6) is 0 Å². The summed E-state index contributed by atoms with van der Waals surface area (Å²) in [6, 6.07) is 0. The molecule has 4 heteroatoms. The summed E-state index contributed by atoms with van der Waals surface area (Å²) in [5.41, 5.74) is 0.280. The monoisotopic (exact) mass is 293 g/mol. The maximum atomic E-state index is 11.2. The van der Waals surface area contributed by atoms with Crippen LogP contribution in [0.1, 0.15) is 41.0 Å². The fourth-order valence-electron chi connectivity index (χ4n) is 1.97. The van der Waals surface area contributed by atoms with E-state index in [2.05, 4.69) is 60.6 Å². The Morgan fingerprint density at radius 1 is 1.31 bits per heavy atom. The van der Waals surface area contributed by atoms with Gasteiger partial charge in [0, 0.05) is 12.1 Å². The molecule has 0 aliphatic carbocycles. The molecule has 0 amide bonds. The number of rotatable bonds is 5. The molecule has 3 nitrogen and oxygen atoms in total. The number of nitrogens with one attached hydrogen (secondary N) is 1. The van der Waals surface area contributed by atoms with Crippen molar-refractivity contribution in [1.29, 1.82) is 0 Å². The molecular formula is C12H24BrNO2. The van der Waals surface area contributed by atoms with Crippen molar-refractivity contribution in [1.82, 2.24) is 5.32 Å². The highest BCUT2D eigenvalue weighted by atomic mass is 79.9. The summed E-state index contributed by atoms with van der Waals surface area (Å²) in [6.07, 6.45) is 1.04. The van der Waals surface area contributed by atoms with Gasteiger partial charge in [0.1, 0.15) is 4.83 Å². The first-order chi connectivity index (χ1) is 7.07. The topological polar surface area (TPSA) is 38.3 Å². The summed E-state index contributed by atoms with van der Waals surface area (Å²) >= 11 is 3.30. The van der Waals surface area contributed by atoms with Gasteiger partial charge >= 0.3 is 5.97 Å². The molecule has 0 aliphatic rings. The summed E-state index contributed by atoms with van der Waals surface area (Å²) in [5.74, 6) is -0.237. The lowest BCUT2D eigenvalue weighted by Gasteiger charge is -2.34. The van der Waals surface area contributed by atoms with E-state index in [4.69, 9.17) is 0 Å². The molecular weight excluding hydrogens is 270 g/mol. The van der Waals surface area contributed by atoms with E-state index in [1.165, 1.54) is 7.11 Å². The van der Waals surface area contributed by atoms with Crippen molar-refractivity contribution in [2.75, 3.05) is 13.7 Å². The summed E-state index contributed by atoms with van der Waals surface area (Å²) in [6.45, 7) is 11.5. The van der Waals surface area contributed by atoms with Gasteiger partial charge in [0.15, 0.2) is 0 Å². The van der Waals surface area contributed by atoms with Crippen LogP contribution in [-0.4, -0.2) is 30.0 Å². The number of alkyl halides is 1. The van der Waals surface area contributed by atoms with Gasteiger partial charge in [-0.05, 0) is 25.7 Å². The average Bonchev–Trinajstić information content (AvgIpc) is 2.09. The van der Waals surface area contributed by atoms with Gasteiger partial charge in [-0.25, -0.2) is 0 Å². The Kier molecular flexibility index (Phi) is 5.98. The fourth-order valence-corrected chi connectivity index (χ4v) is 2.31. The molecule has 96 valence electrons. The number of halogens is 1. The van der Waals surface area contributed by atoms with Gasteiger partial charge in [0.2, 0.25) is 0 Å². The number of hydrogen-bond acceptors (Lipinski definition) is 3. The van der Waals surface area contributed by atoms with Gasteiger partial charge in [-0.2, -0.15) is 0 Å². The Morgan fingerprint density at radius 2 is 1.81 bits per heavy atom. The molecule has 1 unspecified atom stereocenters. The average molecular weight is 294 g/mol. The Labute approximate surface area is 107 Å². The van der Waals surface area contributed by atoms with Gasteiger partial charge in [-0.1, -0.05) is 36.7 Å². The highest BCUT2D eigenvalue weighted by Gasteiger charge is 2.26. The second-order valence-electron chi connectivity index (χ2n) is 5.99. The van der Waals surface area contributed by atoms with E-state index in [1.54, 1.807) is 0 Å². The van der Waals surface area contributed by atoms with Gasteiger partial charge in [0.25, 0.3) is 0 Å². The van der Waals surface area contributed by atoms with Gasteiger partial charge < -0.3 is 10.1 Å². The molecule has 0 bridgehead atoms. The van der Waals surface area contributed by atoms with Crippen LogP contribution >= 0.6 is 15.9 Å². The highest BCUT2D eigenvalue weighted by molar-refractivity contribution is 9.10. The third-order valence-corrected chi connectivity index (χ3v) is 2.89. The molecule has 0 aliphatic heterocycles. The Bertz CT molecular complexity index is 234. The Balaban J connectivity index is 4.13. The SMILES string of the molecule is COC(=O)C(Br)CNC(C)(C)CC(C)(C)C. The maximum absolute atomic E-state index is 11.2. The third-order valence-electron chi connectivity index (χ3n) is 2.19. The van der Waals surface area contributed by atoms with Crippen molar-refractivity contribution in [3.8, 4) is 0 Å². The molecule has 0 heterocycles. The van der Waals surface area contributed by atoms with Crippen molar-refractivity contribution in [3.05, 3.63) is 0 Å². The summed E-state index contributed by atoms with van der Waals surface area (Å²) in [5, 5.41) is 3.38. The molecule has 1 N–H and O–H groups in total. The minimum absolute atomic E-state index is 0.0122. The van der Waals surface area contributed by atoms with E-state index in [9.17, 15) is 4.79 Å². The van der Waals surface area contributed by atoms with Gasteiger partial charge in [-0.15, -0.1) is 0 Å². The second-order valence-corrected chi connectivity index (χ2v) is 7.10. The highest BCUT2D eigenvalue weighted by Crippen LogP contribution is 2.26. The van der Waals surface area contributed by atoms with Gasteiger partial charge in [-0.3, -0.25) is 4.79 Å². The Morgan fingerprint density at radius 3 is 2.19 bits per heavy atom. The number of esters is 1. The van der Waals surface area contributed by atoms with Gasteiger partial charge in [0.05, 0.1) is 7.11 Å². The zero-order valence-corrected chi connectivity index (χ0v) is 12.8. The third kappa shape index (κ3) is 7.23. The summed E-state index contributed by atoms with van der Waals surface area (Å²) < 4.78 is 4.65. The van der Waals surface area contributed by atoms with Crippen LogP contribution in [0.15, 0.2) is 0 Å². The lowest BCUT2D eigenvalue weighted by Crippen LogP contribution is -2.46. The van der Waals surface area contributed by atoms with Crippen LogP contribution in [-0.2, 0) is 9.53 Å². The largest absolute Gasteiger partial charge is 0.468 e. The van der Waals surface area contributed by atoms with E-state index < -0.39 is 0 Å². The minimum atomic E-state index is -0.281. The first-order valence-electron chi connectivity index (χ1n) is 5.54. The summed E-state index contributed by atoms with van der Waals surface area (Å²) in [7, 11) is 1.40. The van der Waals surface area contributed by atoms with E-state index in [1.807, 2.05) is 0 Å². The molecule has 0 aromatic carbocycles. The zero-order valence-electron chi connectivity index (χ0n) is 11.2. The predicted molar refractivity (Wildman–Crippen MR) is 70.9 cm³/mol. The standard InChI is InChI=1S/C12H24BrNO2/c1-11(2,3)8-12(4,5)14-7-9(13)10(15)16-6/h9,14H,7-8H2,1-6H3. The zero-order chi connectivity index (χ0) is 13.0. The number of methoxy groups -OCH3 is 1. The van der Waals surface area contributed by atoms with E-state index in [-0.39, 0.29) is 21.8 Å². The van der Waals surface area contributed by atoms with Crippen LogP contribution in [0.4, 0.5) is 0 Å². The minimum Gasteiger partial charge on any atom is -0.468 e. The van der Waals surface area contributed by atoms with Crippen molar-refractivity contribution in [2.24, 2.45) is 5.41 Å². The van der Waals surface area contributed by atoms with Crippen molar-refractivity contribution >= 4 is 21.9 Å². The lowest BCUT2D eigenvalue weighted by atomic mass is 9.82. The summed E-state index contributed by atoms with van der Waals surface area (Å²) in [4.78, 5) is 10.9. The first kappa shape index (κ1) is 15.9. The molecule has 16 heavy (non-hydrogen) atoms. The van der Waals surface area contributed by atoms with Crippen LogP contribution in [0.3, 0.4) is 0 Å². The number of ether oxygens (including phenoxy) is 1. The molecule has 0 radical (unpaired) electrons. The van der Waals surface area contributed by atoms with Crippen molar-refractivity contribution < 1.29 is 9.53 Å². The smallest absolute Gasteiger partial charge is 0.320 e. The van der Waals surface area contributed by atoms with Crippen molar-refractivity contribution in [3.63, 3.8) is 0 Å². The van der Waals surface area contributed by atoms with Crippen LogP contribution in [0.2, 0.25) is 0 Å².